The van der Waals surface area contributed by atoms with Crippen LogP contribution in [0.4, 0.5) is 10.1 Å². The highest BCUT2D eigenvalue weighted by molar-refractivity contribution is 6.33. The Morgan fingerprint density at radius 2 is 1.91 bits per heavy atom. The lowest BCUT2D eigenvalue weighted by Gasteiger charge is -2.09. The van der Waals surface area contributed by atoms with Gasteiger partial charge < -0.3 is 15.2 Å². The summed E-state index contributed by atoms with van der Waals surface area (Å²) in [6.45, 7) is -0.613. The van der Waals surface area contributed by atoms with E-state index in [4.69, 9.17) is 27.9 Å². The highest BCUT2D eigenvalue weighted by Gasteiger charge is 2.15. The van der Waals surface area contributed by atoms with Crippen molar-refractivity contribution in [3.63, 3.8) is 0 Å². The number of phenols is 1. The van der Waals surface area contributed by atoms with Crippen molar-refractivity contribution >= 4 is 40.8 Å². The molecule has 2 rings (SSSR count). The summed E-state index contributed by atoms with van der Waals surface area (Å²) in [4.78, 5) is 23.5. The van der Waals surface area contributed by atoms with E-state index < -0.39 is 24.3 Å². The van der Waals surface area contributed by atoms with Crippen LogP contribution in [0.2, 0.25) is 10.0 Å². The standard InChI is InChI=1S/C15H10Cl2FNO4/c16-8-1-4-13(20)10(5-8)15(22)23-7-14(21)19-12-3-2-9(18)6-11(12)17/h1-6,20H,7H2,(H,19,21). The monoisotopic (exact) mass is 357 g/mol. The van der Waals surface area contributed by atoms with Gasteiger partial charge in [0.15, 0.2) is 6.61 Å². The molecule has 2 aromatic rings. The second kappa shape index (κ2) is 7.30. The Balaban J connectivity index is 1.96. The molecule has 0 heterocycles. The van der Waals surface area contributed by atoms with Gasteiger partial charge in [-0.15, -0.1) is 0 Å². The molecule has 23 heavy (non-hydrogen) atoms. The topological polar surface area (TPSA) is 75.6 Å². The summed E-state index contributed by atoms with van der Waals surface area (Å²) in [6, 6.07) is 7.28. The number of amides is 1. The molecular weight excluding hydrogens is 348 g/mol. The van der Waals surface area contributed by atoms with Crippen molar-refractivity contribution in [1.29, 1.82) is 0 Å². The molecule has 0 unspecified atom stereocenters. The molecule has 0 spiro atoms. The van der Waals surface area contributed by atoms with Gasteiger partial charge in [0.05, 0.1) is 10.7 Å². The first-order valence-corrected chi connectivity index (χ1v) is 7.03. The molecule has 0 fully saturated rings. The minimum atomic E-state index is -0.912. The maximum Gasteiger partial charge on any atom is 0.342 e. The maximum absolute atomic E-state index is 12.9. The minimum absolute atomic E-state index is 0.0113. The average molecular weight is 358 g/mol. The largest absolute Gasteiger partial charge is 0.507 e. The zero-order chi connectivity index (χ0) is 17.0. The van der Waals surface area contributed by atoms with E-state index in [9.17, 15) is 19.1 Å². The summed E-state index contributed by atoms with van der Waals surface area (Å²) in [5, 5.41) is 12.2. The van der Waals surface area contributed by atoms with Crippen LogP contribution in [0, 0.1) is 5.82 Å². The lowest BCUT2D eigenvalue weighted by molar-refractivity contribution is -0.119. The summed E-state index contributed by atoms with van der Waals surface area (Å²) in [5.74, 6) is -2.45. The van der Waals surface area contributed by atoms with Gasteiger partial charge in [-0.05, 0) is 36.4 Å². The molecule has 0 aromatic heterocycles. The summed E-state index contributed by atoms with van der Waals surface area (Å²) in [5.41, 5.74) is 0.0184. The first kappa shape index (κ1) is 17.1. The van der Waals surface area contributed by atoms with Crippen molar-refractivity contribution < 1.29 is 23.8 Å². The van der Waals surface area contributed by atoms with Crippen LogP contribution in [0.25, 0.3) is 0 Å². The first-order chi connectivity index (χ1) is 10.9. The Kier molecular flexibility index (Phi) is 5.41. The van der Waals surface area contributed by atoms with Crippen molar-refractivity contribution in [2.75, 3.05) is 11.9 Å². The molecule has 0 bridgehead atoms. The van der Waals surface area contributed by atoms with Crippen LogP contribution in [0.15, 0.2) is 36.4 Å². The van der Waals surface area contributed by atoms with Crippen LogP contribution in [-0.2, 0) is 9.53 Å². The zero-order valence-corrected chi connectivity index (χ0v) is 13.0. The number of halogens is 3. The maximum atomic E-state index is 12.9. The number of anilines is 1. The van der Waals surface area contributed by atoms with E-state index in [1.807, 2.05) is 0 Å². The number of carbonyl (C=O) groups excluding carboxylic acids is 2. The Morgan fingerprint density at radius 3 is 2.61 bits per heavy atom. The van der Waals surface area contributed by atoms with E-state index in [1.165, 1.54) is 24.3 Å². The fraction of sp³-hybridized carbons (Fsp3) is 0.0667. The summed E-state index contributed by atoms with van der Waals surface area (Å²) in [7, 11) is 0. The molecule has 8 heteroatoms. The smallest absolute Gasteiger partial charge is 0.342 e. The van der Waals surface area contributed by atoms with Gasteiger partial charge in [-0.1, -0.05) is 23.2 Å². The number of phenolic OH excluding ortho intramolecular Hbond substituents is 1. The second-order valence-corrected chi connectivity index (χ2v) is 5.25. The predicted molar refractivity (Wildman–Crippen MR) is 83.4 cm³/mol. The van der Waals surface area contributed by atoms with Crippen LogP contribution in [0.1, 0.15) is 10.4 Å². The van der Waals surface area contributed by atoms with Gasteiger partial charge in [-0.25, -0.2) is 9.18 Å². The molecule has 0 aliphatic carbocycles. The normalized spacial score (nSPS) is 10.2. The average Bonchev–Trinajstić information content (AvgIpc) is 2.50. The number of hydrogen-bond acceptors (Lipinski definition) is 4. The third-order valence-corrected chi connectivity index (χ3v) is 3.27. The van der Waals surface area contributed by atoms with Gasteiger partial charge in [0.2, 0.25) is 0 Å². The molecule has 0 saturated carbocycles. The summed E-state index contributed by atoms with van der Waals surface area (Å²) < 4.78 is 17.7. The lowest BCUT2D eigenvalue weighted by atomic mass is 10.2. The van der Waals surface area contributed by atoms with Crippen molar-refractivity contribution in [1.82, 2.24) is 0 Å². The van der Waals surface area contributed by atoms with E-state index in [0.717, 1.165) is 12.1 Å². The Bertz CT molecular complexity index is 767. The number of aromatic hydroxyl groups is 1. The van der Waals surface area contributed by atoms with Crippen molar-refractivity contribution in [3.05, 3.63) is 57.8 Å². The third kappa shape index (κ3) is 4.58. The highest BCUT2D eigenvalue weighted by Crippen LogP contribution is 2.23. The number of benzene rings is 2. The molecule has 5 nitrogen and oxygen atoms in total. The van der Waals surface area contributed by atoms with Crippen molar-refractivity contribution in [2.24, 2.45) is 0 Å². The van der Waals surface area contributed by atoms with E-state index in [-0.39, 0.29) is 27.0 Å². The number of esters is 1. The van der Waals surface area contributed by atoms with Gasteiger partial charge >= 0.3 is 5.97 Å². The number of carbonyl (C=O) groups is 2. The molecule has 1 amide bonds. The van der Waals surface area contributed by atoms with Gasteiger partial charge in [0.25, 0.3) is 5.91 Å². The predicted octanol–water partition coefficient (Wildman–Crippen LogP) is 3.63. The molecule has 0 atom stereocenters. The fourth-order valence-corrected chi connectivity index (χ4v) is 2.04. The van der Waals surface area contributed by atoms with Gasteiger partial charge in [0, 0.05) is 5.02 Å². The molecule has 2 N–H and O–H groups in total. The van der Waals surface area contributed by atoms with Crippen molar-refractivity contribution in [2.45, 2.75) is 0 Å². The Labute approximate surface area is 140 Å². The Morgan fingerprint density at radius 1 is 1.17 bits per heavy atom. The van der Waals surface area contributed by atoms with Crippen LogP contribution in [0.5, 0.6) is 5.75 Å². The van der Waals surface area contributed by atoms with Gasteiger partial charge in [-0.2, -0.15) is 0 Å². The van der Waals surface area contributed by atoms with E-state index in [1.54, 1.807) is 0 Å². The molecular formula is C15H10Cl2FNO4. The summed E-state index contributed by atoms with van der Waals surface area (Å²) >= 11 is 11.5. The molecule has 0 aliphatic heterocycles. The zero-order valence-electron chi connectivity index (χ0n) is 11.5. The van der Waals surface area contributed by atoms with Gasteiger partial charge in [0.1, 0.15) is 17.1 Å². The minimum Gasteiger partial charge on any atom is -0.507 e. The molecule has 0 radical (unpaired) electrons. The molecule has 0 aliphatic rings. The second-order valence-electron chi connectivity index (χ2n) is 4.41. The van der Waals surface area contributed by atoms with E-state index in [2.05, 4.69) is 5.32 Å². The van der Waals surface area contributed by atoms with Crippen LogP contribution >= 0.6 is 23.2 Å². The summed E-state index contributed by atoms with van der Waals surface area (Å²) in [6.07, 6.45) is 0. The number of hydrogen-bond donors (Lipinski definition) is 2. The van der Waals surface area contributed by atoms with E-state index >= 15 is 0 Å². The van der Waals surface area contributed by atoms with Gasteiger partial charge in [-0.3, -0.25) is 4.79 Å². The number of ether oxygens (including phenoxy) is 1. The van der Waals surface area contributed by atoms with Crippen LogP contribution in [-0.4, -0.2) is 23.6 Å². The lowest BCUT2D eigenvalue weighted by Crippen LogP contribution is -2.21. The quantitative estimate of drug-likeness (QED) is 0.819. The van der Waals surface area contributed by atoms with Crippen LogP contribution in [0.3, 0.4) is 0 Å². The third-order valence-electron chi connectivity index (χ3n) is 2.72. The number of nitrogens with one attached hydrogen (secondary N) is 1. The Hall–Kier alpha value is -2.31. The SMILES string of the molecule is O=C(COC(=O)c1cc(Cl)ccc1O)Nc1ccc(F)cc1Cl. The number of rotatable bonds is 4. The fourth-order valence-electron chi connectivity index (χ4n) is 1.66. The van der Waals surface area contributed by atoms with Crippen LogP contribution < -0.4 is 5.32 Å². The molecule has 120 valence electrons. The van der Waals surface area contributed by atoms with E-state index in [0.29, 0.717) is 0 Å². The highest BCUT2D eigenvalue weighted by atomic mass is 35.5. The molecule has 0 saturated heterocycles. The first-order valence-electron chi connectivity index (χ1n) is 6.27. The van der Waals surface area contributed by atoms with Crippen molar-refractivity contribution in [3.8, 4) is 5.75 Å². The molecule has 2 aromatic carbocycles.